The maximum Gasteiger partial charge on any atom is 0.407 e. The first-order chi connectivity index (χ1) is 10.4. The van der Waals surface area contributed by atoms with Crippen LogP contribution in [0, 0.1) is 6.92 Å². The highest BCUT2D eigenvalue weighted by Gasteiger charge is 2.15. The molecule has 0 saturated carbocycles. The third-order valence-electron chi connectivity index (χ3n) is 3.09. The van der Waals surface area contributed by atoms with Gasteiger partial charge in [-0.2, -0.15) is 0 Å². The van der Waals surface area contributed by atoms with Crippen LogP contribution in [0.4, 0.5) is 4.79 Å². The topological polar surface area (TPSA) is 47.6 Å². The van der Waals surface area contributed by atoms with Crippen LogP contribution in [0.1, 0.15) is 52.0 Å². The van der Waals surface area contributed by atoms with Crippen LogP contribution in [0.2, 0.25) is 0 Å². The minimum absolute atomic E-state index is 0.338. The minimum atomic E-state index is -0.434. The van der Waals surface area contributed by atoms with Gasteiger partial charge in [0, 0.05) is 6.54 Å². The third kappa shape index (κ3) is 8.55. The molecule has 0 saturated heterocycles. The van der Waals surface area contributed by atoms with Crippen molar-refractivity contribution in [1.29, 1.82) is 0 Å². The van der Waals surface area contributed by atoms with Crippen molar-refractivity contribution in [3.63, 3.8) is 0 Å². The summed E-state index contributed by atoms with van der Waals surface area (Å²) in [7, 11) is 0. The number of ether oxygens (including phenoxy) is 2. The molecular formula is C18H29NO3. The van der Waals surface area contributed by atoms with E-state index in [9.17, 15) is 4.79 Å². The van der Waals surface area contributed by atoms with E-state index >= 15 is 0 Å². The fourth-order valence-corrected chi connectivity index (χ4v) is 1.99. The van der Waals surface area contributed by atoms with Gasteiger partial charge in [-0.3, -0.25) is 0 Å². The quantitative estimate of drug-likeness (QED) is 0.721. The first-order valence-corrected chi connectivity index (χ1v) is 8.04. The number of unbranched alkanes of at least 4 members (excludes halogenated alkanes) is 3. The Morgan fingerprint density at radius 1 is 1.09 bits per heavy atom. The molecule has 1 amide bonds. The molecule has 4 heteroatoms. The number of hydrogen-bond acceptors (Lipinski definition) is 3. The molecule has 0 bridgehead atoms. The highest BCUT2D eigenvalue weighted by molar-refractivity contribution is 5.67. The van der Waals surface area contributed by atoms with Gasteiger partial charge in [0.1, 0.15) is 11.4 Å². The molecule has 1 aromatic carbocycles. The number of benzene rings is 1. The summed E-state index contributed by atoms with van der Waals surface area (Å²) in [6.45, 7) is 9.04. The van der Waals surface area contributed by atoms with E-state index in [1.165, 1.54) is 5.56 Å². The van der Waals surface area contributed by atoms with E-state index in [0.717, 1.165) is 38.0 Å². The van der Waals surface area contributed by atoms with Crippen molar-refractivity contribution >= 4 is 6.09 Å². The smallest absolute Gasteiger partial charge is 0.407 e. The Morgan fingerprint density at radius 3 is 2.45 bits per heavy atom. The van der Waals surface area contributed by atoms with Gasteiger partial charge >= 0.3 is 6.09 Å². The lowest BCUT2D eigenvalue weighted by Crippen LogP contribution is -2.32. The van der Waals surface area contributed by atoms with Crippen molar-refractivity contribution in [2.45, 2.75) is 59.0 Å². The van der Waals surface area contributed by atoms with Crippen molar-refractivity contribution in [1.82, 2.24) is 5.32 Å². The lowest BCUT2D eigenvalue weighted by atomic mass is 10.2. The molecule has 0 atom stereocenters. The predicted molar refractivity (Wildman–Crippen MR) is 89.4 cm³/mol. The van der Waals surface area contributed by atoms with Crippen LogP contribution >= 0.6 is 0 Å². The van der Waals surface area contributed by atoms with E-state index in [-0.39, 0.29) is 6.09 Å². The summed E-state index contributed by atoms with van der Waals surface area (Å²) in [5.74, 6) is 0.967. The Kier molecular flexibility index (Phi) is 7.78. The zero-order valence-electron chi connectivity index (χ0n) is 14.3. The highest BCUT2D eigenvalue weighted by atomic mass is 16.6. The number of rotatable bonds is 8. The van der Waals surface area contributed by atoms with E-state index in [1.54, 1.807) is 0 Å². The summed E-state index contributed by atoms with van der Waals surface area (Å²) in [6, 6.07) is 8.06. The lowest BCUT2D eigenvalue weighted by molar-refractivity contribution is 0.0527. The van der Waals surface area contributed by atoms with Crippen LogP contribution in [-0.4, -0.2) is 24.8 Å². The first kappa shape index (κ1) is 18.3. The number of para-hydroxylation sites is 1. The molecule has 0 aliphatic rings. The van der Waals surface area contributed by atoms with Gasteiger partial charge in [-0.25, -0.2) is 4.79 Å². The van der Waals surface area contributed by atoms with Crippen LogP contribution in [0.25, 0.3) is 0 Å². The Bertz CT molecular complexity index is 452. The van der Waals surface area contributed by atoms with Gasteiger partial charge in [-0.15, -0.1) is 0 Å². The zero-order chi connectivity index (χ0) is 16.4. The van der Waals surface area contributed by atoms with Gasteiger partial charge < -0.3 is 14.8 Å². The summed E-state index contributed by atoms with van der Waals surface area (Å²) in [4.78, 5) is 11.4. The van der Waals surface area contributed by atoms with E-state index in [0.29, 0.717) is 6.54 Å². The summed E-state index contributed by atoms with van der Waals surface area (Å²) in [6.07, 6.45) is 3.83. The average molecular weight is 307 g/mol. The number of aryl methyl sites for hydroxylation is 1. The van der Waals surface area contributed by atoms with Crippen LogP contribution < -0.4 is 10.1 Å². The molecule has 0 spiro atoms. The van der Waals surface area contributed by atoms with Gasteiger partial charge in [-0.1, -0.05) is 31.0 Å². The molecule has 0 fully saturated rings. The largest absolute Gasteiger partial charge is 0.493 e. The van der Waals surface area contributed by atoms with Crippen molar-refractivity contribution in [3.05, 3.63) is 29.8 Å². The minimum Gasteiger partial charge on any atom is -0.493 e. The molecule has 0 aliphatic heterocycles. The van der Waals surface area contributed by atoms with E-state index < -0.39 is 5.60 Å². The number of carbonyl (C=O) groups excluding carboxylic acids is 1. The maximum absolute atomic E-state index is 11.4. The molecule has 1 N–H and O–H groups in total. The molecule has 0 aromatic heterocycles. The second kappa shape index (κ2) is 9.34. The monoisotopic (exact) mass is 307 g/mol. The molecule has 124 valence electrons. The van der Waals surface area contributed by atoms with Gasteiger partial charge in [0.05, 0.1) is 6.61 Å². The third-order valence-corrected chi connectivity index (χ3v) is 3.09. The van der Waals surface area contributed by atoms with Crippen LogP contribution in [0.3, 0.4) is 0 Å². The van der Waals surface area contributed by atoms with Gasteiger partial charge in [-0.05, 0) is 52.2 Å². The van der Waals surface area contributed by atoms with Crippen molar-refractivity contribution in [2.75, 3.05) is 13.2 Å². The van der Waals surface area contributed by atoms with Crippen LogP contribution in [0.5, 0.6) is 5.75 Å². The fourth-order valence-electron chi connectivity index (χ4n) is 1.99. The second-order valence-corrected chi connectivity index (χ2v) is 6.46. The summed E-state index contributed by atoms with van der Waals surface area (Å²) >= 11 is 0. The molecule has 0 aliphatic carbocycles. The number of nitrogens with one attached hydrogen (secondary N) is 1. The van der Waals surface area contributed by atoms with E-state index in [4.69, 9.17) is 9.47 Å². The zero-order valence-corrected chi connectivity index (χ0v) is 14.3. The first-order valence-electron chi connectivity index (χ1n) is 8.04. The van der Waals surface area contributed by atoms with Crippen molar-refractivity contribution in [2.24, 2.45) is 0 Å². The average Bonchev–Trinajstić information content (AvgIpc) is 2.41. The summed E-state index contributed by atoms with van der Waals surface area (Å²) in [5.41, 5.74) is 0.737. The molecule has 0 heterocycles. The lowest BCUT2D eigenvalue weighted by Gasteiger charge is -2.19. The van der Waals surface area contributed by atoms with Gasteiger partial charge in [0.25, 0.3) is 0 Å². The molecule has 0 unspecified atom stereocenters. The fraction of sp³-hybridized carbons (Fsp3) is 0.611. The highest BCUT2D eigenvalue weighted by Crippen LogP contribution is 2.16. The second-order valence-electron chi connectivity index (χ2n) is 6.46. The predicted octanol–water partition coefficient (Wildman–Crippen LogP) is 4.46. The van der Waals surface area contributed by atoms with Gasteiger partial charge in [0.2, 0.25) is 0 Å². The SMILES string of the molecule is Cc1ccccc1OCCCCCCNC(=O)OC(C)(C)C. The van der Waals surface area contributed by atoms with E-state index in [2.05, 4.69) is 18.3 Å². The molecular weight excluding hydrogens is 278 g/mol. The van der Waals surface area contributed by atoms with Crippen molar-refractivity contribution < 1.29 is 14.3 Å². The van der Waals surface area contributed by atoms with Crippen LogP contribution in [0.15, 0.2) is 24.3 Å². The normalized spacial score (nSPS) is 11.1. The molecule has 1 rings (SSSR count). The Hall–Kier alpha value is -1.71. The molecule has 0 radical (unpaired) electrons. The number of alkyl carbamates (subject to hydrolysis) is 1. The maximum atomic E-state index is 11.4. The summed E-state index contributed by atoms with van der Waals surface area (Å²) in [5, 5.41) is 2.77. The van der Waals surface area contributed by atoms with Crippen molar-refractivity contribution in [3.8, 4) is 5.75 Å². The Labute approximate surface area is 134 Å². The Balaban J connectivity index is 1.98. The molecule has 4 nitrogen and oxygen atoms in total. The number of carbonyl (C=O) groups is 1. The Morgan fingerprint density at radius 2 is 1.77 bits per heavy atom. The standard InChI is InChI=1S/C18H29NO3/c1-15-11-7-8-12-16(15)21-14-10-6-5-9-13-19-17(20)22-18(2,3)4/h7-8,11-12H,5-6,9-10,13-14H2,1-4H3,(H,19,20). The number of amides is 1. The number of hydrogen-bond donors (Lipinski definition) is 1. The van der Waals surface area contributed by atoms with Gasteiger partial charge in [0.15, 0.2) is 0 Å². The molecule has 1 aromatic rings. The summed E-state index contributed by atoms with van der Waals surface area (Å²) < 4.78 is 10.9. The van der Waals surface area contributed by atoms with E-state index in [1.807, 2.05) is 39.0 Å². The van der Waals surface area contributed by atoms with Crippen LogP contribution in [-0.2, 0) is 4.74 Å². The molecule has 22 heavy (non-hydrogen) atoms.